The number of hydrogen-bond donors (Lipinski definition) is 1. The molecular formula is C14H16BrNO3S. The standard InChI is InChI=1S/C14H16BrNO3S/c1-3-18-13(17)14(2,11-6-7-12(15)19-11)16-9-10-5-4-8-20-10/h4-8,16H,3,9H2,1-2H3. The van der Waals surface area contributed by atoms with Gasteiger partial charge in [-0.15, -0.1) is 11.3 Å². The molecule has 2 aromatic rings. The first-order valence-corrected chi connectivity index (χ1v) is 7.94. The summed E-state index contributed by atoms with van der Waals surface area (Å²) >= 11 is 4.89. The number of furan rings is 1. The Labute approximate surface area is 130 Å². The first-order valence-electron chi connectivity index (χ1n) is 6.26. The maximum atomic E-state index is 12.3. The van der Waals surface area contributed by atoms with Crippen LogP contribution in [0.3, 0.4) is 0 Å². The summed E-state index contributed by atoms with van der Waals surface area (Å²) < 4.78 is 11.3. The Bertz CT molecular complexity index is 567. The number of thiophene rings is 1. The summed E-state index contributed by atoms with van der Waals surface area (Å²) in [6.07, 6.45) is 0. The lowest BCUT2D eigenvalue weighted by molar-refractivity contribution is -0.151. The van der Waals surface area contributed by atoms with Crippen LogP contribution >= 0.6 is 27.3 Å². The lowest BCUT2D eigenvalue weighted by atomic mass is 9.99. The Morgan fingerprint density at radius 1 is 1.50 bits per heavy atom. The normalized spacial score (nSPS) is 13.9. The van der Waals surface area contributed by atoms with Gasteiger partial charge in [0.25, 0.3) is 0 Å². The Morgan fingerprint density at radius 2 is 2.30 bits per heavy atom. The van der Waals surface area contributed by atoms with Crippen molar-refractivity contribution in [3.8, 4) is 0 Å². The molecule has 0 spiro atoms. The van der Waals surface area contributed by atoms with Crippen molar-refractivity contribution in [3.05, 3.63) is 45.0 Å². The van der Waals surface area contributed by atoms with Gasteiger partial charge >= 0.3 is 5.97 Å². The zero-order chi connectivity index (χ0) is 14.6. The fraction of sp³-hybridized carbons (Fsp3) is 0.357. The van der Waals surface area contributed by atoms with Gasteiger partial charge in [-0.25, -0.2) is 4.79 Å². The second-order valence-electron chi connectivity index (χ2n) is 4.38. The highest BCUT2D eigenvalue weighted by molar-refractivity contribution is 9.10. The largest absolute Gasteiger partial charge is 0.464 e. The molecule has 0 aliphatic carbocycles. The number of rotatable bonds is 6. The van der Waals surface area contributed by atoms with E-state index >= 15 is 0 Å². The summed E-state index contributed by atoms with van der Waals surface area (Å²) in [5.74, 6) is 0.179. The maximum absolute atomic E-state index is 12.3. The van der Waals surface area contributed by atoms with Crippen LogP contribution in [0.25, 0.3) is 0 Å². The molecule has 0 saturated heterocycles. The average molecular weight is 358 g/mol. The van der Waals surface area contributed by atoms with Gasteiger partial charge in [0.15, 0.2) is 10.2 Å². The molecule has 0 aliphatic heterocycles. The van der Waals surface area contributed by atoms with Crippen LogP contribution in [-0.4, -0.2) is 12.6 Å². The quantitative estimate of drug-likeness (QED) is 0.801. The smallest absolute Gasteiger partial charge is 0.334 e. The van der Waals surface area contributed by atoms with Gasteiger partial charge in [0, 0.05) is 11.4 Å². The molecule has 0 bridgehead atoms. The highest BCUT2D eigenvalue weighted by atomic mass is 79.9. The van der Waals surface area contributed by atoms with E-state index in [0.717, 1.165) is 4.88 Å². The van der Waals surface area contributed by atoms with Gasteiger partial charge in [0.05, 0.1) is 6.61 Å². The molecule has 0 radical (unpaired) electrons. The van der Waals surface area contributed by atoms with E-state index in [1.54, 1.807) is 37.3 Å². The van der Waals surface area contributed by atoms with Crippen molar-refractivity contribution < 1.29 is 13.9 Å². The molecule has 6 heteroatoms. The second-order valence-corrected chi connectivity index (χ2v) is 6.20. The van der Waals surface area contributed by atoms with Crippen LogP contribution in [0.15, 0.2) is 38.7 Å². The van der Waals surface area contributed by atoms with E-state index in [-0.39, 0.29) is 5.97 Å². The molecule has 0 aromatic carbocycles. The molecule has 2 rings (SSSR count). The van der Waals surface area contributed by atoms with Crippen molar-refractivity contribution in [1.82, 2.24) is 5.32 Å². The molecule has 1 N–H and O–H groups in total. The van der Waals surface area contributed by atoms with E-state index in [2.05, 4.69) is 21.2 Å². The summed E-state index contributed by atoms with van der Waals surface area (Å²) in [5, 5.41) is 5.24. The summed E-state index contributed by atoms with van der Waals surface area (Å²) in [7, 11) is 0. The van der Waals surface area contributed by atoms with E-state index in [1.807, 2.05) is 17.5 Å². The van der Waals surface area contributed by atoms with Crippen molar-refractivity contribution in [2.75, 3.05) is 6.61 Å². The fourth-order valence-electron chi connectivity index (χ4n) is 1.80. The Hall–Kier alpha value is -1.11. The molecule has 0 saturated carbocycles. The van der Waals surface area contributed by atoms with Gasteiger partial charge in [0.2, 0.25) is 0 Å². The summed E-state index contributed by atoms with van der Waals surface area (Å²) in [5.41, 5.74) is -1.01. The number of halogens is 1. The van der Waals surface area contributed by atoms with Gasteiger partial charge in [-0.2, -0.15) is 0 Å². The number of nitrogens with one attached hydrogen (secondary N) is 1. The van der Waals surface area contributed by atoms with E-state index in [1.165, 1.54) is 0 Å². The molecule has 2 aromatic heterocycles. The second kappa shape index (κ2) is 6.56. The molecule has 1 atom stereocenters. The van der Waals surface area contributed by atoms with Crippen LogP contribution in [0, 0.1) is 0 Å². The lowest BCUT2D eigenvalue weighted by Gasteiger charge is -2.26. The average Bonchev–Trinajstić information content (AvgIpc) is 3.07. The highest BCUT2D eigenvalue weighted by Crippen LogP contribution is 2.27. The zero-order valence-electron chi connectivity index (χ0n) is 11.3. The third-order valence-corrected chi connectivity index (χ3v) is 4.25. The molecule has 108 valence electrons. The summed E-state index contributed by atoms with van der Waals surface area (Å²) in [4.78, 5) is 13.4. The van der Waals surface area contributed by atoms with Crippen LogP contribution < -0.4 is 5.32 Å². The van der Waals surface area contributed by atoms with Crippen molar-refractivity contribution in [1.29, 1.82) is 0 Å². The van der Waals surface area contributed by atoms with Crippen LogP contribution in [0.4, 0.5) is 0 Å². The van der Waals surface area contributed by atoms with Crippen molar-refractivity contribution in [2.24, 2.45) is 0 Å². The Morgan fingerprint density at radius 3 is 2.85 bits per heavy atom. The number of carbonyl (C=O) groups excluding carboxylic acids is 1. The third-order valence-electron chi connectivity index (χ3n) is 2.95. The maximum Gasteiger partial charge on any atom is 0.334 e. The zero-order valence-corrected chi connectivity index (χ0v) is 13.7. The van der Waals surface area contributed by atoms with Crippen LogP contribution in [0.2, 0.25) is 0 Å². The van der Waals surface area contributed by atoms with Gasteiger partial charge in [-0.05, 0) is 53.4 Å². The molecule has 2 heterocycles. The van der Waals surface area contributed by atoms with Crippen LogP contribution in [-0.2, 0) is 21.6 Å². The van der Waals surface area contributed by atoms with Crippen molar-refractivity contribution in [2.45, 2.75) is 25.9 Å². The molecule has 0 fully saturated rings. The number of carbonyl (C=O) groups is 1. The molecule has 0 aliphatic rings. The minimum atomic E-state index is -1.01. The molecule has 4 nitrogen and oxygen atoms in total. The Kier molecular flexibility index (Phi) is 5.01. The SMILES string of the molecule is CCOC(=O)C(C)(NCc1cccs1)c1ccc(Br)o1. The lowest BCUT2D eigenvalue weighted by Crippen LogP contribution is -2.47. The number of esters is 1. The van der Waals surface area contributed by atoms with Crippen molar-refractivity contribution in [3.63, 3.8) is 0 Å². The molecular weight excluding hydrogens is 342 g/mol. The van der Waals surface area contributed by atoms with Crippen LogP contribution in [0.1, 0.15) is 24.5 Å². The third kappa shape index (κ3) is 3.31. The predicted octanol–water partition coefficient (Wildman–Crippen LogP) is 3.67. The Balaban J connectivity index is 2.21. The molecule has 20 heavy (non-hydrogen) atoms. The van der Waals surface area contributed by atoms with Gasteiger partial charge in [0.1, 0.15) is 5.76 Å². The van der Waals surface area contributed by atoms with E-state index in [0.29, 0.717) is 23.6 Å². The summed E-state index contributed by atoms with van der Waals surface area (Å²) in [6.45, 7) is 4.46. The topological polar surface area (TPSA) is 51.5 Å². The molecule has 1 unspecified atom stereocenters. The van der Waals surface area contributed by atoms with Crippen LogP contribution in [0.5, 0.6) is 0 Å². The minimum Gasteiger partial charge on any atom is -0.464 e. The number of ether oxygens (including phenoxy) is 1. The van der Waals surface area contributed by atoms with E-state index in [9.17, 15) is 4.79 Å². The first kappa shape index (κ1) is 15.3. The van der Waals surface area contributed by atoms with Gasteiger partial charge in [-0.3, -0.25) is 5.32 Å². The van der Waals surface area contributed by atoms with E-state index < -0.39 is 5.54 Å². The highest BCUT2D eigenvalue weighted by Gasteiger charge is 2.39. The predicted molar refractivity (Wildman–Crippen MR) is 81.6 cm³/mol. The minimum absolute atomic E-state index is 0.330. The number of hydrogen-bond acceptors (Lipinski definition) is 5. The van der Waals surface area contributed by atoms with E-state index in [4.69, 9.17) is 9.15 Å². The van der Waals surface area contributed by atoms with Gasteiger partial charge < -0.3 is 9.15 Å². The first-order chi connectivity index (χ1) is 9.56. The fourth-order valence-corrected chi connectivity index (χ4v) is 2.75. The molecule has 0 amide bonds. The summed E-state index contributed by atoms with van der Waals surface area (Å²) in [6, 6.07) is 7.52. The monoisotopic (exact) mass is 357 g/mol. The van der Waals surface area contributed by atoms with Gasteiger partial charge in [-0.1, -0.05) is 6.07 Å². The van der Waals surface area contributed by atoms with Crippen molar-refractivity contribution >= 4 is 33.2 Å².